The zero-order valence-electron chi connectivity index (χ0n) is 18.6. The maximum atomic E-state index is 13.0. The second kappa shape index (κ2) is 7.48. The van der Waals surface area contributed by atoms with E-state index in [2.05, 4.69) is 19.9 Å². The number of alkyl halides is 3. The van der Waals surface area contributed by atoms with E-state index in [1.807, 2.05) is 6.08 Å². The third-order valence-electron chi connectivity index (χ3n) is 9.50. The van der Waals surface area contributed by atoms with Gasteiger partial charge in [0, 0.05) is 17.9 Å². The van der Waals surface area contributed by atoms with Gasteiger partial charge in [-0.3, -0.25) is 4.79 Å². The van der Waals surface area contributed by atoms with Crippen LogP contribution < -0.4 is 0 Å². The first kappa shape index (κ1) is 22.6. The Morgan fingerprint density at radius 3 is 2.52 bits per heavy atom. The molecule has 0 spiro atoms. The summed E-state index contributed by atoms with van der Waals surface area (Å²) in [4.78, 5) is 24.4. The number of allylic oxidation sites excluding steroid dienone is 3. The summed E-state index contributed by atoms with van der Waals surface area (Å²) in [6.45, 7) is 5.52. The van der Waals surface area contributed by atoms with Crippen molar-refractivity contribution in [3.05, 3.63) is 23.3 Å². The van der Waals surface area contributed by atoms with Crippen LogP contribution in [0.3, 0.4) is 0 Å². The zero-order chi connectivity index (χ0) is 22.8. The van der Waals surface area contributed by atoms with E-state index in [9.17, 15) is 27.9 Å². The van der Waals surface area contributed by atoms with Gasteiger partial charge in [-0.05, 0) is 85.2 Å². The zero-order valence-corrected chi connectivity index (χ0v) is 18.6. The van der Waals surface area contributed by atoms with Crippen LogP contribution in [0.2, 0.25) is 0 Å². The quantitative estimate of drug-likeness (QED) is 0.557. The molecule has 4 rings (SSSR count). The minimum atomic E-state index is -4.32. The van der Waals surface area contributed by atoms with E-state index >= 15 is 0 Å². The first-order valence-electron chi connectivity index (χ1n) is 11.6. The number of carboxylic acids is 1. The molecule has 31 heavy (non-hydrogen) atoms. The van der Waals surface area contributed by atoms with Gasteiger partial charge < -0.3 is 5.11 Å². The molecule has 4 aliphatic rings. The van der Waals surface area contributed by atoms with Gasteiger partial charge >= 0.3 is 12.1 Å². The molecule has 0 aromatic carbocycles. The number of hydrogen-bond acceptors (Lipinski definition) is 2. The van der Waals surface area contributed by atoms with Crippen LogP contribution in [0, 0.1) is 40.4 Å². The highest BCUT2D eigenvalue weighted by molar-refractivity contribution is 5.87. The number of carboxylic acid groups (broad SMARTS) is 1. The topological polar surface area (TPSA) is 54.4 Å². The molecule has 1 N–H and O–H groups in total. The fourth-order valence-corrected chi connectivity index (χ4v) is 7.58. The van der Waals surface area contributed by atoms with Crippen molar-refractivity contribution in [2.24, 2.45) is 40.4 Å². The van der Waals surface area contributed by atoms with E-state index in [1.165, 1.54) is 0 Å². The smallest absolute Gasteiger partial charge is 0.391 e. The van der Waals surface area contributed by atoms with Crippen molar-refractivity contribution in [2.45, 2.75) is 78.3 Å². The third-order valence-corrected chi connectivity index (χ3v) is 9.50. The van der Waals surface area contributed by atoms with E-state index in [1.54, 1.807) is 0 Å². The number of ketones is 1. The maximum Gasteiger partial charge on any atom is 0.391 e. The molecular formula is C25H33F3O3. The Balaban J connectivity index is 1.56. The summed E-state index contributed by atoms with van der Waals surface area (Å²) < 4.78 is 39.1. The molecule has 1 unspecified atom stereocenters. The molecule has 0 aliphatic heterocycles. The van der Waals surface area contributed by atoms with Gasteiger partial charge in [0.2, 0.25) is 0 Å². The third kappa shape index (κ3) is 3.58. The van der Waals surface area contributed by atoms with Gasteiger partial charge in [-0.15, -0.1) is 0 Å². The van der Waals surface area contributed by atoms with E-state index in [0.29, 0.717) is 36.2 Å². The van der Waals surface area contributed by atoms with Crippen molar-refractivity contribution in [1.29, 1.82) is 0 Å². The molecule has 0 bridgehead atoms. The predicted molar refractivity (Wildman–Crippen MR) is 111 cm³/mol. The van der Waals surface area contributed by atoms with Crippen LogP contribution in [0.25, 0.3) is 0 Å². The van der Waals surface area contributed by atoms with Crippen molar-refractivity contribution in [1.82, 2.24) is 0 Å². The fraction of sp³-hybridized carbons (Fsp3) is 0.760. The molecule has 0 radical (unpaired) electrons. The van der Waals surface area contributed by atoms with Crippen molar-refractivity contribution < 1.29 is 27.9 Å². The molecule has 2 saturated carbocycles. The molecule has 7 atom stereocenters. The number of aliphatic carboxylic acids is 1. The maximum absolute atomic E-state index is 13.0. The second-order valence-electron chi connectivity index (χ2n) is 11.0. The van der Waals surface area contributed by atoms with Crippen molar-refractivity contribution >= 4 is 11.8 Å². The monoisotopic (exact) mass is 438 g/mol. The van der Waals surface area contributed by atoms with Crippen LogP contribution in [0.4, 0.5) is 13.2 Å². The molecule has 2 fully saturated rings. The Hall–Kier alpha value is -1.59. The lowest BCUT2D eigenvalue weighted by molar-refractivity contribution is -0.175. The molecular weight excluding hydrogens is 405 g/mol. The van der Waals surface area contributed by atoms with Gasteiger partial charge in [-0.25, -0.2) is 4.79 Å². The van der Waals surface area contributed by atoms with Crippen molar-refractivity contribution in [3.8, 4) is 0 Å². The average molecular weight is 439 g/mol. The highest BCUT2D eigenvalue weighted by Crippen LogP contribution is 2.66. The molecule has 172 valence electrons. The van der Waals surface area contributed by atoms with Crippen LogP contribution in [0.1, 0.15) is 72.1 Å². The highest BCUT2D eigenvalue weighted by Gasteiger charge is 2.59. The summed E-state index contributed by atoms with van der Waals surface area (Å²) >= 11 is 0. The summed E-state index contributed by atoms with van der Waals surface area (Å²) in [5.74, 6) is -1.70. The fourth-order valence-electron chi connectivity index (χ4n) is 7.58. The Morgan fingerprint density at radius 2 is 1.87 bits per heavy atom. The summed E-state index contributed by atoms with van der Waals surface area (Å²) in [6, 6.07) is 0. The Bertz CT molecular complexity index is 841. The number of rotatable bonds is 4. The van der Waals surface area contributed by atoms with Gasteiger partial charge in [0.15, 0.2) is 0 Å². The van der Waals surface area contributed by atoms with E-state index in [0.717, 1.165) is 44.6 Å². The van der Waals surface area contributed by atoms with Gasteiger partial charge in [0.25, 0.3) is 0 Å². The lowest BCUT2D eigenvalue weighted by Gasteiger charge is -2.57. The number of halogens is 3. The number of carbonyl (C=O) groups excluding carboxylic acids is 1. The average Bonchev–Trinajstić information content (AvgIpc) is 3.03. The molecule has 0 aromatic heterocycles. The number of fused-ring (bicyclic) bond motifs is 5. The van der Waals surface area contributed by atoms with Gasteiger partial charge in [-0.1, -0.05) is 26.8 Å². The van der Waals surface area contributed by atoms with Gasteiger partial charge in [0.05, 0.1) is 5.92 Å². The minimum Gasteiger partial charge on any atom is -0.478 e. The molecule has 3 nitrogen and oxygen atoms in total. The second-order valence-corrected chi connectivity index (χ2v) is 11.0. The van der Waals surface area contributed by atoms with E-state index in [-0.39, 0.29) is 22.5 Å². The van der Waals surface area contributed by atoms with Gasteiger partial charge in [-0.2, -0.15) is 13.2 Å². The largest absolute Gasteiger partial charge is 0.478 e. The summed E-state index contributed by atoms with van der Waals surface area (Å²) in [7, 11) is 0. The summed E-state index contributed by atoms with van der Waals surface area (Å²) in [5.41, 5.74) is 1.36. The SMILES string of the molecule is CC(CC(=O)[C@H]1CC[C@H]2[C@@H]3CC=C4C=C(C(=O)O)CC[C@@]4(C)[C@H]3CC[C@]12C)C(F)(F)F. The first-order chi connectivity index (χ1) is 14.4. The first-order valence-corrected chi connectivity index (χ1v) is 11.6. The molecule has 4 aliphatic carbocycles. The van der Waals surface area contributed by atoms with E-state index in [4.69, 9.17) is 0 Å². The standard InChI is InChI=1S/C25H33F3O3/c1-14(25(26,27)28)12-21(29)20-7-6-18-17-5-4-16-13-15(22(30)31)8-10-23(16,2)19(17)9-11-24(18,20)3/h4,13-14,17-20H,5-12H2,1-3H3,(H,30,31)/t14?,17-,18-,19-,20+,23+,24-/m0/s1. The lowest BCUT2D eigenvalue weighted by atomic mass is 9.47. The molecule has 6 heteroatoms. The number of carbonyl (C=O) groups is 2. The van der Waals surface area contributed by atoms with Crippen molar-refractivity contribution in [3.63, 3.8) is 0 Å². The van der Waals surface area contributed by atoms with Crippen LogP contribution in [-0.2, 0) is 9.59 Å². The molecule has 0 amide bonds. The minimum absolute atomic E-state index is 0.0455. The highest BCUT2D eigenvalue weighted by atomic mass is 19.4. The van der Waals surface area contributed by atoms with E-state index < -0.39 is 24.5 Å². The molecule has 0 saturated heterocycles. The van der Waals surface area contributed by atoms with Gasteiger partial charge in [0.1, 0.15) is 5.78 Å². The summed E-state index contributed by atoms with van der Waals surface area (Å²) in [5, 5.41) is 9.40. The Labute approximate surface area is 182 Å². The molecule has 0 aromatic rings. The number of hydrogen-bond donors (Lipinski definition) is 1. The van der Waals surface area contributed by atoms with Crippen LogP contribution in [-0.4, -0.2) is 23.0 Å². The normalized spacial score (nSPS) is 40.7. The lowest BCUT2D eigenvalue weighted by Crippen LogP contribution is -2.50. The summed E-state index contributed by atoms with van der Waals surface area (Å²) in [6.07, 6.45) is 5.05. The van der Waals surface area contributed by atoms with Crippen LogP contribution >= 0.6 is 0 Å². The van der Waals surface area contributed by atoms with Crippen LogP contribution in [0.15, 0.2) is 23.3 Å². The number of Topliss-reactive ketones (excluding diaryl/α,β-unsaturated/α-hetero) is 1. The molecule has 0 heterocycles. The van der Waals surface area contributed by atoms with Crippen molar-refractivity contribution in [2.75, 3.05) is 0 Å². The van der Waals surface area contributed by atoms with Crippen LogP contribution in [0.5, 0.6) is 0 Å². The Kier molecular flexibility index (Phi) is 5.45. The predicted octanol–water partition coefficient (Wildman–Crippen LogP) is 6.34. The Morgan fingerprint density at radius 1 is 1.16 bits per heavy atom.